The first-order valence-electron chi connectivity index (χ1n) is 9.22. The highest BCUT2D eigenvalue weighted by atomic mass is 32.2. The number of fused-ring (bicyclic) bond motifs is 8. The van der Waals surface area contributed by atoms with Crippen LogP contribution >= 0.6 is 12.0 Å². The van der Waals surface area contributed by atoms with Crippen molar-refractivity contribution in [1.82, 2.24) is 0 Å². The second kappa shape index (κ2) is 4.72. The molecule has 1 fully saturated rings. The lowest BCUT2D eigenvalue weighted by Gasteiger charge is -2.31. The van der Waals surface area contributed by atoms with Gasteiger partial charge in [-0.15, -0.1) is 0 Å². The Bertz CT molecular complexity index is 1190. The molecule has 4 aromatic rings. The number of hydrogen-bond acceptors (Lipinski definition) is 2. The molecule has 0 aromatic heterocycles. The van der Waals surface area contributed by atoms with Crippen molar-refractivity contribution in [1.29, 1.82) is 0 Å². The van der Waals surface area contributed by atoms with E-state index in [1.165, 1.54) is 55.6 Å². The SMILES string of the molecule is c1ccc2c(c1)-c1cccc(C3(c4cccc5c4-c4ccccc4-5)OS3)c1-2. The minimum Gasteiger partial charge on any atom is -0.282 e. The van der Waals surface area contributed by atoms with Gasteiger partial charge < -0.3 is 0 Å². The van der Waals surface area contributed by atoms with Crippen molar-refractivity contribution < 1.29 is 4.18 Å². The Balaban J connectivity index is 1.45. The maximum Gasteiger partial charge on any atom is 0.205 e. The predicted octanol–water partition coefficient (Wildman–Crippen LogP) is 6.86. The molecule has 2 aliphatic carbocycles. The first-order chi connectivity index (χ1) is 13.4. The molecule has 4 aromatic carbocycles. The fourth-order valence-electron chi connectivity index (χ4n) is 4.80. The lowest BCUT2D eigenvalue weighted by Crippen LogP contribution is -2.17. The van der Waals surface area contributed by atoms with Crippen LogP contribution < -0.4 is 0 Å². The van der Waals surface area contributed by atoms with Crippen LogP contribution in [0.2, 0.25) is 0 Å². The van der Waals surface area contributed by atoms with Crippen LogP contribution in [0.25, 0.3) is 44.5 Å². The maximum absolute atomic E-state index is 6.15. The second-order valence-corrected chi connectivity index (χ2v) is 8.24. The van der Waals surface area contributed by atoms with Gasteiger partial charge in [0.15, 0.2) is 0 Å². The molecule has 126 valence electrons. The van der Waals surface area contributed by atoms with Gasteiger partial charge in [0.05, 0.1) is 0 Å². The van der Waals surface area contributed by atoms with Gasteiger partial charge in [-0.25, -0.2) is 0 Å². The van der Waals surface area contributed by atoms with Gasteiger partial charge in [-0.05, 0) is 44.5 Å². The third-order valence-corrected chi connectivity index (χ3v) is 7.00. The Morgan fingerprint density at radius 1 is 0.481 bits per heavy atom. The van der Waals surface area contributed by atoms with E-state index in [0.29, 0.717) is 0 Å². The molecule has 2 heteroatoms. The van der Waals surface area contributed by atoms with Gasteiger partial charge in [-0.3, -0.25) is 4.18 Å². The summed E-state index contributed by atoms with van der Waals surface area (Å²) in [6.45, 7) is 0. The highest BCUT2D eigenvalue weighted by molar-refractivity contribution is 8.01. The van der Waals surface area contributed by atoms with Gasteiger partial charge in [0, 0.05) is 23.2 Å². The Labute approximate surface area is 161 Å². The molecule has 1 saturated heterocycles. The van der Waals surface area contributed by atoms with Crippen molar-refractivity contribution in [2.75, 3.05) is 0 Å². The monoisotopic (exact) mass is 362 g/mol. The average molecular weight is 362 g/mol. The van der Waals surface area contributed by atoms with Gasteiger partial charge >= 0.3 is 0 Å². The van der Waals surface area contributed by atoms with Crippen LogP contribution in [0.5, 0.6) is 0 Å². The van der Waals surface area contributed by atoms with Gasteiger partial charge in [-0.2, -0.15) is 0 Å². The van der Waals surface area contributed by atoms with Crippen LogP contribution in [-0.2, 0) is 9.12 Å². The van der Waals surface area contributed by atoms with Crippen LogP contribution in [0.4, 0.5) is 0 Å². The molecule has 0 amide bonds. The summed E-state index contributed by atoms with van der Waals surface area (Å²) in [5.74, 6) is 0. The van der Waals surface area contributed by atoms with E-state index in [-0.39, 0.29) is 0 Å². The zero-order valence-corrected chi connectivity index (χ0v) is 15.2. The van der Waals surface area contributed by atoms with E-state index >= 15 is 0 Å². The summed E-state index contributed by atoms with van der Waals surface area (Å²) in [7, 11) is 0. The summed E-state index contributed by atoms with van der Waals surface area (Å²) in [6.07, 6.45) is 0. The normalized spacial score (nSPS) is 16.1. The molecule has 27 heavy (non-hydrogen) atoms. The van der Waals surface area contributed by atoms with Crippen molar-refractivity contribution in [3.8, 4) is 44.5 Å². The van der Waals surface area contributed by atoms with E-state index in [1.807, 2.05) is 0 Å². The smallest absolute Gasteiger partial charge is 0.205 e. The van der Waals surface area contributed by atoms with Crippen molar-refractivity contribution in [2.45, 2.75) is 4.93 Å². The van der Waals surface area contributed by atoms with Crippen molar-refractivity contribution in [3.63, 3.8) is 0 Å². The second-order valence-electron chi connectivity index (χ2n) is 7.33. The molecular weight excluding hydrogens is 348 g/mol. The van der Waals surface area contributed by atoms with Crippen LogP contribution in [0.15, 0.2) is 84.9 Å². The number of hydrogen-bond donors (Lipinski definition) is 0. The summed E-state index contributed by atoms with van der Waals surface area (Å²) in [4.78, 5) is -0.391. The minimum absolute atomic E-state index is 0.391. The topological polar surface area (TPSA) is 12.5 Å². The van der Waals surface area contributed by atoms with Crippen LogP contribution in [0.1, 0.15) is 11.1 Å². The Hall–Kier alpha value is -2.81. The van der Waals surface area contributed by atoms with Gasteiger partial charge in [0.25, 0.3) is 0 Å². The molecule has 0 radical (unpaired) electrons. The average Bonchev–Trinajstić information content (AvgIpc) is 3.51. The van der Waals surface area contributed by atoms with Crippen LogP contribution in [-0.4, -0.2) is 0 Å². The van der Waals surface area contributed by atoms with Gasteiger partial charge in [0.1, 0.15) is 0 Å². The third kappa shape index (κ3) is 1.62. The molecule has 1 nitrogen and oxygen atoms in total. The molecule has 0 bridgehead atoms. The first-order valence-corrected chi connectivity index (χ1v) is 9.96. The van der Waals surface area contributed by atoms with E-state index in [9.17, 15) is 0 Å². The van der Waals surface area contributed by atoms with E-state index in [1.54, 1.807) is 12.0 Å². The van der Waals surface area contributed by atoms with E-state index in [2.05, 4.69) is 84.9 Å². The minimum atomic E-state index is -0.391. The number of benzene rings is 4. The van der Waals surface area contributed by atoms with Crippen molar-refractivity contribution in [2.24, 2.45) is 0 Å². The highest BCUT2D eigenvalue weighted by Crippen LogP contribution is 2.68. The quantitative estimate of drug-likeness (QED) is 0.246. The fourth-order valence-corrected chi connectivity index (χ4v) is 5.58. The zero-order valence-electron chi connectivity index (χ0n) is 14.4. The third-order valence-electron chi connectivity index (χ3n) is 6.06. The molecular formula is C25H14OS. The Morgan fingerprint density at radius 2 is 0.889 bits per heavy atom. The standard InChI is InChI=1S/C25H14OS/c1-3-9-17-15(7-1)19-11-5-13-21(23(17)19)25(26-27-25)22-14-6-12-20-16-8-2-4-10-18(16)24(20)22/h1-14H. The maximum atomic E-state index is 6.15. The number of rotatable bonds is 2. The van der Waals surface area contributed by atoms with Crippen molar-refractivity contribution in [3.05, 3.63) is 96.1 Å². The molecule has 0 N–H and O–H groups in total. The highest BCUT2D eigenvalue weighted by Gasteiger charge is 2.55. The predicted molar refractivity (Wildman–Crippen MR) is 111 cm³/mol. The van der Waals surface area contributed by atoms with Gasteiger partial charge in [-0.1, -0.05) is 84.9 Å². The zero-order chi connectivity index (χ0) is 17.6. The van der Waals surface area contributed by atoms with E-state index < -0.39 is 4.93 Å². The lowest BCUT2D eigenvalue weighted by atomic mass is 9.73. The Morgan fingerprint density at radius 3 is 1.33 bits per heavy atom. The largest absolute Gasteiger partial charge is 0.282 e. The van der Waals surface area contributed by atoms with Gasteiger partial charge in [0.2, 0.25) is 4.93 Å². The summed E-state index contributed by atoms with van der Waals surface area (Å²) in [6, 6.07) is 30.6. The summed E-state index contributed by atoms with van der Waals surface area (Å²) >= 11 is 1.58. The van der Waals surface area contributed by atoms with E-state index in [0.717, 1.165) is 0 Å². The summed E-state index contributed by atoms with van der Waals surface area (Å²) in [5.41, 5.74) is 13.3. The molecule has 1 aliphatic heterocycles. The lowest BCUT2D eigenvalue weighted by molar-refractivity contribution is 0.379. The van der Waals surface area contributed by atoms with Crippen molar-refractivity contribution >= 4 is 12.0 Å². The molecule has 3 aliphatic rings. The first kappa shape index (κ1) is 14.3. The van der Waals surface area contributed by atoms with Crippen LogP contribution in [0, 0.1) is 0 Å². The molecule has 1 heterocycles. The van der Waals surface area contributed by atoms with E-state index in [4.69, 9.17) is 4.18 Å². The fraction of sp³-hybridized carbons (Fsp3) is 0.0400. The molecule has 0 saturated carbocycles. The molecule has 0 spiro atoms. The molecule has 7 rings (SSSR count). The molecule has 0 unspecified atom stereocenters. The van der Waals surface area contributed by atoms with Crippen LogP contribution in [0.3, 0.4) is 0 Å². The molecule has 0 atom stereocenters. The summed E-state index contributed by atoms with van der Waals surface area (Å²) in [5, 5.41) is 0. The Kier molecular flexibility index (Phi) is 2.49. The summed E-state index contributed by atoms with van der Waals surface area (Å²) < 4.78 is 6.15.